The molecule has 0 bridgehead atoms. The van der Waals surface area contributed by atoms with E-state index < -0.39 is 10.0 Å². The van der Waals surface area contributed by atoms with E-state index in [-0.39, 0.29) is 11.8 Å². The summed E-state index contributed by atoms with van der Waals surface area (Å²) in [6, 6.07) is 0.221. The van der Waals surface area contributed by atoms with Gasteiger partial charge in [-0.1, -0.05) is 0 Å². The van der Waals surface area contributed by atoms with E-state index in [2.05, 4.69) is 15.1 Å². The number of unbranched alkanes of at least 4 members (excludes halogenated alkanes) is 1. The lowest BCUT2D eigenvalue weighted by atomic mass is 10.3. The van der Waals surface area contributed by atoms with Crippen molar-refractivity contribution in [2.75, 3.05) is 24.1 Å². The summed E-state index contributed by atoms with van der Waals surface area (Å²) in [5, 5.41) is 7.08. The Labute approximate surface area is 109 Å². The van der Waals surface area contributed by atoms with Gasteiger partial charge in [0, 0.05) is 12.2 Å². The minimum Gasteiger partial charge on any atom is -0.320 e. The quantitative estimate of drug-likeness (QED) is 0.699. The Kier molecular flexibility index (Phi) is 5.61. The number of nitrogens with zero attached hydrogens (tertiary/aromatic N) is 2. The van der Waals surface area contributed by atoms with Crippen LogP contribution in [0.4, 0.5) is 5.69 Å². The van der Waals surface area contributed by atoms with Gasteiger partial charge in [0.05, 0.1) is 17.6 Å². The Balaban J connectivity index is 2.48. The molecule has 0 saturated carbocycles. The number of anilines is 1. The van der Waals surface area contributed by atoms with Crippen molar-refractivity contribution in [2.24, 2.45) is 0 Å². The number of aromatic nitrogens is 2. The zero-order chi connectivity index (χ0) is 13.6. The number of hydrogen-bond acceptors (Lipinski definition) is 4. The van der Waals surface area contributed by atoms with Crippen LogP contribution < -0.4 is 10.0 Å². The first-order chi connectivity index (χ1) is 8.44. The molecule has 6 nitrogen and oxygen atoms in total. The van der Waals surface area contributed by atoms with Gasteiger partial charge in [-0.25, -0.2) is 8.42 Å². The lowest BCUT2D eigenvalue weighted by Crippen LogP contribution is -2.17. The molecule has 0 amide bonds. The van der Waals surface area contributed by atoms with Crippen LogP contribution in [0.3, 0.4) is 0 Å². The second kappa shape index (κ2) is 6.75. The van der Waals surface area contributed by atoms with Gasteiger partial charge in [0.15, 0.2) is 0 Å². The third kappa shape index (κ3) is 5.05. The monoisotopic (exact) mass is 274 g/mol. The van der Waals surface area contributed by atoms with Crippen LogP contribution in [-0.2, 0) is 10.0 Å². The van der Waals surface area contributed by atoms with Crippen LogP contribution in [0.15, 0.2) is 12.4 Å². The van der Waals surface area contributed by atoms with Crippen molar-refractivity contribution < 1.29 is 8.42 Å². The number of hydrogen-bond donors (Lipinski definition) is 2. The van der Waals surface area contributed by atoms with E-state index in [4.69, 9.17) is 0 Å². The zero-order valence-electron chi connectivity index (χ0n) is 11.2. The van der Waals surface area contributed by atoms with Gasteiger partial charge >= 0.3 is 0 Å². The minimum absolute atomic E-state index is 0.140. The molecule has 0 saturated heterocycles. The molecule has 2 N–H and O–H groups in total. The summed E-state index contributed by atoms with van der Waals surface area (Å²) in [6.07, 6.45) is 4.73. The smallest absolute Gasteiger partial charge is 0.232 e. The maximum absolute atomic E-state index is 11.8. The lowest BCUT2D eigenvalue weighted by Gasteiger charge is -2.06. The predicted octanol–water partition coefficient (Wildman–Crippen LogP) is 1.21. The second-order valence-electron chi connectivity index (χ2n) is 4.53. The molecule has 1 rings (SSSR count). The molecule has 0 aromatic carbocycles. The molecular weight excluding hydrogens is 252 g/mol. The third-order valence-electron chi connectivity index (χ3n) is 2.49. The minimum atomic E-state index is -3.26. The molecule has 0 atom stereocenters. The molecule has 0 radical (unpaired) electrons. The van der Waals surface area contributed by atoms with Gasteiger partial charge in [-0.15, -0.1) is 0 Å². The molecule has 0 aliphatic carbocycles. The molecule has 104 valence electrons. The molecule has 0 fully saturated rings. The van der Waals surface area contributed by atoms with Crippen LogP contribution >= 0.6 is 0 Å². The standard InChI is InChI=1S/C11H22N4O2S/c1-10(2)15-9-11(8-13-15)14-18(16,17)7-5-4-6-12-3/h8-10,12,14H,4-7H2,1-3H3. The average Bonchev–Trinajstić information content (AvgIpc) is 2.72. The average molecular weight is 274 g/mol. The maximum atomic E-state index is 11.8. The van der Waals surface area contributed by atoms with E-state index in [1.54, 1.807) is 10.9 Å². The van der Waals surface area contributed by atoms with Gasteiger partial charge in [-0.2, -0.15) is 5.10 Å². The molecular formula is C11H22N4O2S. The fraction of sp³-hybridized carbons (Fsp3) is 0.727. The molecule has 1 aromatic heterocycles. The van der Waals surface area contributed by atoms with Crippen molar-refractivity contribution in [3.63, 3.8) is 0 Å². The molecule has 1 heterocycles. The largest absolute Gasteiger partial charge is 0.320 e. The molecule has 7 heteroatoms. The Morgan fingerprint density at radius 3 is 2.67 bits per heavy atom. The van der Waals surface area contributed by atoms with Crippen LogP contribution in [-0.4, -0.2) is 37.5 Å². The van der Waals surface area contributed by atoms with Crippen molar-refractivity contribution in [1.29, 1.82) is 0 Å². The van der Waals surface area contributed by atoms with Crippen LogP contribution in [0.2, 0.25) is 0 Å². The molecule has 0 aliphatic heterocycles. The van der Waals surface area contributed by atoms with E-state index in [9.17, 15) is 8.42 Å². The van der Waals surface area contributed by atoms with Crippen molar-refractivity contribution >= 4 is 15.7 Å². The molecule has 1 aromatic rings. The highest BCUT2D eigenvalue weighted by Gasteiger charge is 2.11. The van der Waals surface area contributed by atoms with E-state index in [0.29, 0.717) is 12.1 Å². The van der Waals surface area contributed by atoms with Crippen molar-refractivity contribution in [2.45, 2.75) is 32.7 Å². The highest BCUT2D eigenvalue weighted by atomic mass is 32.2. The Bertz CT molecular complexity index is 453. The highest BCUT2D eigenvalue weighted by molar-refractivity contribution is 7.92. The summed E-state index contributed by atoms with van der Waals surface area (Å²) in [7, 11) is -1.40. The third-order valence-corrected chi connectivity index (χ3v) is 3.87. The van der Waals surface area contributed by atoms with E-state index >= 15 is 0 Å². The van der Waals surface area contributed by atoms with Crippen molar-refractivity contribution in [1.82, 2.24) is 15.1 Å². The van der Waals surface area contributed by atoms with Crippen LogP contribution in [0.1, 0.15) is 32.7 Å². The van der Waals surface area contributed by atoms with Crippen LogP contribution in [0.25, 0.3) is 0 Å². The Morgan fingerprint density at radius 2 is 2.11 bits per heavy atom. The highest BCUT2D eigenvalue weighted by Crippen LogP contribution is 2.12. The SMILES string of the molecule is CNCCCCS(=O)(=O)Nc1cnn(C(C)C)c1. The fourth-order valence-corrected chi connectivity index (χ4v) is 2.65. The predicted molar refractivity (Wildman–Crippen MR) is 73.2 cm³/mol. The Morgan fingerprint density at radius 1 is 1.39 bits per heavy atom. The zero-order valence-corrected chi connectivity index (χ0v) is 12.0. The first-order valence-corrected chi connectivity index (χ1v) is 7.79. The topological polar surface area (TPSA) is 76.0 Å². The Hall–Kier alpha value is -1.08. The summed E-state index contributed by atoms with van der Waals surface area (Å²) in [5.74, 6) is 0.140. The van der Waals surface area contributed by atoms with E-state index in [1.165, 1.54) is 6.20 Å². The first kappa shape index (κ1) is 15.0. The van der Waals surface area contributed by atoms with Gasteiger partial charge in [0.2, 0.25) is 10.0 Å². The van der Waals surface area contributed by atoms with Gasteiger partial charge in [-0.05, 0) is 40.3 Å². The fourth-order valence-electron chi connectivity index (χ4n) is 1.50. The number of rotatable bonds is 8. The van der Waals surface area contributed by atoms with E-state index in [0.717, 1.165) is 13.0 Å². The van der Waals surface area contributed by atoms with Crippen molar-refractivity contribution in [3.8, 4) is 0 Å². The number of nitrogens with one attached hydrogen (secondary N) is 2. The normalized spacial score (nSPS) is 12.0. The lowest BCUT2D eigenvalue weighted by molar-refractivity contribution is 0.532. The number of sulfonamides is 1. The van der Waals surface area contributed by atoms with Crippen molar-refractivity contribution in [3.05, 3.63) is 12.4 Å². The van der Waals surface area contributed by atoms with Gasteiger partial charge < -0.3 is 5.32 Å². The molecule has 18 heavy (non-hydrogen) atoms. The van der Waals surface area contributed by atoms with E-state index in [1.807, 2.05) is 20.9 Å². The summed E-state index contributed by atoms with van der Waals surface area (Å²) in [6.45, 7) is 4.81. The molecule has 0 spiro atoms. The van der Waals surface area contributed by atoms with Gasteiger partial charge in [-0.3, -0.25) is 9.40 Å². The van der Waals surface area contributed by atoms with Crippen LogP contribution in [0, 0.1) is 0 Å². The van der Waals surface area contributed by atoms with Gasteiger partial charge in [0.1, 0.15) is 0 Å². The second-order valence-corrected chi connectivity index (χ2v) is 6.38. The van der Waals surface area contributed by atoms with Crippen LogP contribution in [0.5, 0.6) is 0 Å². The summed E-state index contributed by atoms with van der Waals surface area (Å²) < 4.78 is 27.8. The summed E-state index contributed by atoms with van der Waals surface area (Å²) in [4.78, 5) is 0. The molecule has 0 aliphatic rings. The maximum Gasteiger partial charge on any atom is 0.232 e. The summed E-state index contributed by atoms with van der Waals surface area (Å²) >= 11 is 0. The summed E-state index contributed by atoms with van der Waals surface area (Å²) in [5.41, 5.74) is 0.525. The first-order valence-electron chi connectivity index (χ1n) is 6.14. The van der Waals surface area contributed by atoms with Gasteiger partial charge in [0.25, 0.3) is 0 Å². The molecule has 0 unspecified atom stereocenters.